The van der Waals surface area contributed by atoms with Gasteiger partial charge in [-0.1, -0.05) is 90.5 Å². The highest BCUT2D eigenvalue weighted by Gasteiger charge is 2.52. The Labute approximate surface area is 515 Å². The van der Waals surface area contributed by atoms with Crippen molar-refractivity contribution in [2.45, 2.75) is 40.5 Å². The van der Waals surface area contributed by atoms with Gasteiger partial charge < -0.3 is 66.8 Å². The zero-order chi connectivity index (χ0) is 62.4. The van der Waals surface area contributed by atoms with E-state index in [1.807, 2.05) is 74.4 Å². The van der Waals surface area contributed by atoms with Gasteiger partial charge in [-0.2, -0.15) is 8.61 Å². The highest BCUT2D eigenvalue weighted by molar-refractivity contribution is 7.89. The number of phosphoric ester groups is 1. The van der Waals surface area contributed by atoms with Gasteiger partial charge in [0.05, 0.1) is 114 Å². The van der Waals surface area contributed by atoms with E-state index in [0.717, 1.165) is 22.1 Å². The van der Waals surface area contributed by atoms with Crippen LogP contribution in [0.25, 0.3) is 21.5 Å². The smallest absolute Gasteiger partial charge is 0.462 e. The molecule has 478 valence electrons. The van der Waals surface area contributed by atoms with Gasteiger partial charge in [-0.25, -0.2) is 21.4 Å². The fourth-order valence-corrected chi connectivity index (χ4v) is 13.3. The first kappa shape index (κ1) is 69.4. The van der Waals surface area contributed by atoms with Crippen LogP contribution in [0, 0.1) is 0 Å². The normalized spacial score (nSPS) is 18.1. The second-order valence-electron chi connectivity index (χ2n) is 20.3. The molecule has 1 fully saturated rings. The van der Waals surface area contributed by atoms with Crippen molar-refractivity contribution < 1.29 is 87.8 Å². The predicted molar refractivity (Wildman–Crippen MR) is 330 cm³/mol. The monoisotopic (exact) mass is 1290 g/mol. The Morgan fingerprint density at radius 2 is 0.908 bits per heavy atom. The minimum Gasteiger partial charge on any atom is -0.462 e. The van der Waals surface area contributed by atoms with Gasteiger partial charge in [0.25, 0.3) is 0 Å². The van der Waals surface area contributed by atoms with Crippen molar-refractivity contribution in [1.29, 1.82) is 0 Å². The van der Waals surface area contributed by atoms with Crippen molar-refractivity contribution in [3.63, 3.8) is 0 Å². The van der Waals surface area contributed by atoms with Gasteiger partial charge in [0.2, 0.25) is 26.3 Å². The Balaban J connectivity index is 0.867. The summed E-state index contributed by atoms with van der Waals surface area (Å²) in [5.74, 6) is 0.260. The average molecular weight is 1290 g/mol. The highest BCUT2D eigenvalue weighted by atomic mass is 35.5. The molecular weight excluding hydrogens is 1210 g/mol. The second-order valence-corrected chi connectivity index (χ2v) is 26.0. The third-order valence-corrected chi connectivity index (χ3v) is 18.9. The number of hydrogen-bond acceptors (Lipinski definition) is 20. The van der Waals surface area contributed by atoms with E-state index >= 15 is 0 Å². The zero-order valence-electron chi connectivity index (χ0n) is 49.8. The SMILES string of the molecule is CN(C)c1cccc2c(S(=O)(=O)N(C)CCOCCOCCOCCO[C@@H]3[C@@H](OCCOCCOCCOCCN(C)S(=O)(=O)c4cccc5c(N(C)C)cccc45)[C@H](Oc4ccccc4)O[C@H](CO)[C@H]3OP(=O)(O)Oc3ccccc3Cl)cccc12. The van der Waals surface area contributed by atoms with Crippen LogP contribution in [-0.4, -0.2) is 221 Å². The Kier molecular flexibility index (Phi) is 27.3. The Bertz CT molecular complexity index is 3360. The molecule has 0 aliphatic carbocycles. The summed E-state index contributed by atoms with van der Waals surface area (Å²) >= 11 is 6.26. The summed E-state index contributed by atoms with van der Waals surface area (Å²) in [6.07, 6.45) is -6.48. The Morgan fingerprint density at radius 3 is 1.37 bits per heavy atom. The van der Waals surface area contributed by atoms with Gasteiger partial charge in [-0.05, 0) is 48.5 Å². The Morgan fingerprint density at radius 1 is 0.494 bits per heavy atom. The van der Waals surface area contributed by atoms with E-state index in [-0.39, 0.29) is 126 Å². The molecule has 0 spiro atoms. The number of anilines is 2. The van der Waals surface area contributed by atoms with Crippen LogP contribution in [0.4, 0.5) is 11.4 Å². The van der Waals surface area contributed by atoms with E-state index in [1.54, 1.807) is 78.9 Å². The average Bonchev–Trinajstić information content (AvgIpc) is 3.68. The number of likely N-dealkylation sites (N-methyl/N-ethyl adjacent to an activating group) is 2. The van der Waals surface area contributed by atoms with Gasteiger partial charge in [0, 0.05) is 88.3 Å². The van der Waals surface area contributed by atoms with Crippen molar-refractivity contribution in [3.8, 4) is 11.5 Å². The van der Waals surface area contributed by atoms with Gasteiger partial charge in [0.15, 0.2) is 0 Å². The van der Waals surface area contributed by atoms with Crippen LogP contribution in [-0.2, 0) is 71.8 Å². The molecule has 1 heterocycles. The largest absolute Gasteiger partial charge is 0.527 e. The number of phosphoric acid groups is 1. The second kappa shape index (κ2) is 34.2. The molecule has 6 atom stereocenters. The van der Waals surface area contributed by atoms with Crippen molar-refractivity contribution in [2.24, 2.45) is 0 Å². The molecule has 0 bridgehead atoms. The molecule has 87 heavy (non-hydrogen) atoms. The van der Waals surface area contributed by atoms with E-state index in [1.165, 1.54) is 34.8 Å². The molecule has 0 aromatic heterocycles. The number of fused-ring (bicyclic) bond motifs is 2. The van der Waals surface area contributed by atoms with E-state index in [0.29, 0.717) is 16.5 Å². The molecule has 1 aliphatic heterocycles. The zero-order valence-corrected chi connectivity index (χ0v) is 53.1. The first-order valence-corrected chi connectivity index (χ1v) is 33.0. The summed E-state index contributed by atoms with van der Waals surface area (Å²) in [5.41, 5.74) is 1.83. The maximum absolute atomic E-state index is 13.7. The lowest BCUT2D eigenvalue weighted by atomic mass is 9.98. The maximum atomic E-state index is 13.7. The van der Waals surface area contributed by atoms with E-state index in [9.17, 15) is 31.4 Å². The number of halogens is 1. The number of aliphatic hydroxyl groups excluding tert-OH is 1. The molecule has 6 aromatic carbocycles. The van der Waals surface area contributed by atoms with Gasteiger partial charge >= 0.3 is 7.82 Å². The van der Waals surface area contributed by atoms with Gasteiger partial charge in [-0.15, -0.1) is 0 Å². The number of hydrogen-bond donors (Lipinski definition) is 2. The number of para-hydroxylation sites is 2. The number of nitrogens with zero attached hydrogens (tertiary/aromatic N) is 4. The Hall–Kier alpha value is -5.10. The summed E-state index contributed by atoms with van der Waals surface area (Å²) in [4.78, 5) is 15.5. The molecule has 7 rings (SSSR count). The molecule has 2 N–H and O–H groups in total. The fraction of sp³-hybridized carbons (Fsp3) is 0.467. The molecule has 0 radical (unpaired) electrons. The third kappa shape index (κ3) is 19.7. The first-order valence-electron chi connectivity index (χ1n) is 28.3. The minimum atomic E-state index is -5.02. The summed E-state index contributed by atoms with van der Waals surface area (Å²) in [7, 11) is -1.97. The molecule has 23 nitrogen and oxygen atoms in total. The number of rotatable bonds is 39. The number of benzene rings is 6. The number of sulfonamides is 2. The van der Waals surface area contributed by atoms with Crippen LogP contribution in [0.3, 0.4) is 0 Å². The minimum absolute atomic E-state index is 0.0165. The summed E-state index contributed by atoms with van der Waals surface area (Å²) in [5, 5.41) is 13.7. The number of ether oxygens (including phenoxy) is 10. The van der Waals surface area contributed by atoms with Crippen LogP contribution < -0.4 is 19.1 Å². The molecule has 27 heteroatoms. The van der Waals surface area contributed by atoms with E-state index in [4.69, 9.17) is 68.0 Å². The van der Waals surface area contributed by atoms with Gasteiger partial charge in [0.1, 0.15) is 35.9 Å². The van der Waals surface area contributed by atoms with Crippen LogP contribution in [0.5, 0.6) is 11.5 Å². The first-order chi connectivity index (χ1) is 41.8. The molecule has 0 saturated carbocycles. The molecule has 1 saturated heterocycles. The summed E-state index contributed by atoms with van der Waals surface area (Å²) in [6, 6.07) is 36.4. The van der Waals surface area contributed by atoms with Crippen LogP contribution in [0.15, 0.2) is 137 Å². The summed E-state index contributed by atoms with van der Waals surface area (Å²) in [6.45, 7) is 1.30. The highest BCUT2D eigenvalue weighted by Crippen LogP contribution is 2.49. The van der Waals surface area contributed by atoms with Crippen LogP contribution >= 0.6 is 19.4 Å². The molecule has 0 amide bonds. The topological polar surface area (TPSA) is 250 Å². The lowest BCUT2D eigenvalue weighted by Gasteiger charge is -2.45. The van der Waals surface area contributed by atoms with E-state index in [2.05, 4.69) is 0 Å². The van der Waals surface area contributed by atoms with Crippen LogP contribution in [0.1, 0.15) is 0 Å². The lowest BCUT2D eigenvalue weighted by Crippen LogP contribution is -2.62. The maximum Gasteiger partial charge on any atom is 0.527 e. The molecular formula is C60H80ClN4O19PS2. The number of aliphatic hydroxyl groups is 1. The quantitative estimate of drug-likeness (QED) is 0.0293. The van der Waals surface area contributed by atoms with Crippen molar-refractivity contribution in [1.82, 2.24) is 8.61 Å². The molecule has 1 aliphatic rings. The van der Waals surface area contributed by atoms with Gasteiger partial charge in [-0.3, -0.25) is 9.42 Å². The predicted octanol–water partition coefficient (Wildman–Crippen LogP) is 6.95. The fourth-order valence-electron chi connectivity index (χ4n) is 9.36. The molecule has 1 unspecified atom stereocenters. The lowest BCUT2D eigenvalue weighted by molar-refractivity contribution is -0.294. The van der Waals surface area contributed by atoms with Crippen LogP contribution in [0.2, 0.25) is 5.02 Å². The summed E-state index contributed by atoms with van der Waals surface area (Å²) < 4.78 is 141. The third-order valence-electron chi connectivity index (χ3n) is 13.8. The van der Waals surface area contributed by atoms with Crippen molar-refractivity contribution >= 4 is 72.4 Å². The van der Waals surface area contributed by atoms with E-state index < -0.39 is 65.2 Å². The van der Waals surface area contributed by atoms with Crippen molar-refractivity contribution in [2.75, 3.05) is 164 Å². The standard InChI is InChI=1S/C60H80ClN4O19PS2/c1-62(2)51-23-12-20-48-46(51)18-14-26-55(48)86(69,70)64(5)28-30-73-32-34-75-36-38-77-40-42-79-58-57(84-85(67,68)83-53-25-11-10-22-50(53)61)54(44-66)82-60(81-45-16-8-7-9-17-45)59(58)80-43-41-78-39-37-76-35-33-74-31-29-65(6)87(71,72)56-27-15-19-47-49(56)21-13-24-52(47)63(3)4/h7-27,54,57-60,66H,28-44H2,1-6H3,(H,67,68)/t54-,57-,58+,59-,60-/m1/s1. The molecule has 6 aromatic rings. The van der Waals surface area contributed by atoms with Crippen molar-refractivity contribution in [3.05, 3.63) is 132 Å².